The molecule has 20 heavy (non-hydrogen) atoms. The van der Waals surface area contributed by atoms with Crippen molar-refractivity contribution in [1.82, 2.24) is 0 Å². The van der Waals surface area contributed by atoms with E-state index in [0.717, 1.165) is 12.1 Å². The number of primary amides is 1. The highest BCUT2D eigenvalue weighted by Gasteiger charge is 2.45. The lowest BCUT2D eigenvalue weighted by atomic mass is 9.84. The zero-order valence-corrected chi connectivity index (χ0v) is 10.5. The number of Topliss-reactive ketones (excluding diaryl/α,β-unsaturated/α-hetero) is 2. The number of amides is 1. The van der Waals surface area contributed by atoms with E-state index in [9.17, 15) is 23.6 Å². The molecule has 0 saturated carbocycles. The van der Waals surface area contributed by atoms with Gasteiger partial charge in [0.1, 0.15) is 12.1 Å². The number of carbonyl (C=O) groups is 4. The molecule has 0 aromatic heterocycles. The molecule has 1 aliphatic carbocycles. The second-order valence-corrected chi connectivity index (χ2v) is 4.65. The Morgan fingerprint density at radius 2 is 1.95 bits per heavy atom. The summed E-state index contributed by atoms with van der Waals surface area (Å²) in [7, 11) is 0. The van der Waals surface area contributed by atoms with E-state index in [4.69, 9.17) is 5.73 Å². The molecule has 1 aliphatic rings. The first-order valence-corrected chi connectivity index (χ1v) is 6.08. The van der Waals surface area contributed by atoms with Gasteiger partial charge in [0.05, 0.1) is 11.8 Å². The number of carbonyl (C=O) groups excluding carboxylic acids is 4. The second kappa shape index (κ2) is 5.32. The molecule has 0 aliphatic heterocycles. The second-order valence-electron chi connectivity index (χ2n) is 4.65. The zero-order valence-electron chi connectivity index (χ0n) is 10.5. The van der Waals surface area contributed by atoms with Crippen LogP contribution in [0.4, 0.5) is 4.39 Å². The van der Waals surface area contributed by atoms with Crippen LogP contribution in [0.25, 0.3) is 0 Å². The summed E-state index contributed by atoms with van der Waals surface area (Å²) in [6.07, 6.45) is 0.638. The van der Waals surface area contributed by atoms with Gasteiger partial charge in [0.15, 0.2) is 11.6 Å². The Hall–Kier alpha value is -2.37. The van der Waals surface area contributed by atoms with Crippen molar-refractivity contribution in [3.05, 3.63) is 35.1 Å². The Kier molecular flexibility index (Phi) is 3.74. The van der Waals surface area contributed by atoms with Crippen molar-refractivity contribution in [3.63, 3.8) is 0 Å². The fourth-order valence-electron chi connectivity index (χ4n) is 2.48. The molecule has 0 radical (unpaired) electrons. The van der Waals surface area contributed by atoms with Gasteiger partial charge >= 0.3 is 0 Å². The summed E-state index contributed by atoms with van der Waals surface area (Å²) in [5.74, 6) is -4.89. The minimum absolute atomic E-state index is 0.0232. The molecular weight excluding hydrogens is 265 g/mol. The molecule has 0 heterocycles. The Bertz CT molecular complexity index is 611. The highest BCUT2D eigenvalue weighted by atomic mass is 19.1. The predicted molar refractivity (Wildman–Crippen MR) is 66.5 cm³/mol. The molecule has 0 fully saturated rings. The monoisotopic (exact) mass is 277 g/mol. The van der Waals surface area contributed by atoms with Crippen molar-refractivity contribution in [2.45, 2.75) is 12.8 Å². The van der Waals surface area contributed by atoms with Gasteiger partial charge in [0.25, 0.3) is 0 Å². The molecule has 0 bridgehead atoms. The Balaban J connectivity index is 2.39. The molecule has 6 heteroatoms. The van der Waals surface area contributed by atoms with Gasteiger partial charge in [0.2, 0.25) is 5.91 Å². The minimum Gasteiger partial charge on any atom is -0.369 e. The van der Waals surface area contributed by atoms with E-state index in [1.54, 1.807) is 0 Å². The summed E-state index contributed by atoms with van der Waals surface area (Å²) in [6.45, 7) is 0. The van der Waals surface area contributed by atoms with Gasteiger partial charge in [-0.2, -0.15) is 0 Å². The summed E-state index contributed by atoms with van der Waals surface area (Å²) in [5, 5.41) is 0. The Labute approximate surface area is 113 Å². The normalized spacial score (nSPS) is 18.8. The Morgan fingerprint density at radius 1 is 1.30 bits per heavy atom. The molecule has 0 spiro atoms. The van der Waals surface area contributed by atoms with E-state index < -0.39 is 35.1 Å². The summed E-state index contributed by atoms with van der Waals surface area (Å²) >= 11 is 0. The average molecular weight is 277 g/mol. The van der Waals surface area contributed by atoms with E-state index in [2.05, 4.69) is 0 Å². The molecule has 0 saturated heterocycles. The lowest BCUT2D eigenvalue weighted by molar-refractivity contribution is -0.123. The minimum atomic E-state index is -1.25. The van der Waals surface area contributed by atoms with E-state index in [-0.39, 0.29) is 24.0 Å². The van der Waals surface area contributed by atoms with Gasteiger partial charge in [-0.05, 0) is 24.6 Å². The van der Waals surface area contributed by atoms with E-state index >= 15 is 0 Å². The van der Waals surface area contributed by atoms with Crippen LogP contribution in [0.5, 0.6) is 0 Å². The van der Waals surface area contributed by atoms with Crippen LogP contribution in [0.1, 0.15) is 33.6 Å². The molecule has 5 nitrogen and oxygen atoms in total. The van der Waals surface area contributed by atoms with Gasteiger partial charge in [-0.1, -0.05) is 0 Å². The van der Waals surface area contributed by atoms with Crippen molar-refractivity contribution < 1.29 is 23.6 Å². The number of fused-ring (bicyclic) bond motifs is 1. The fraction of sp³-hybridized carbons (Fsp3) is 0.286. The first-order chi connectivity index (χ1) is 9.47. The number of halogens is 1. The van der Waals surface area contributed by atoms with Crippen LogP contribution in [0.2, 0.25) is 0 Å². The van der Waals surface area contributed by atoms with Crippen molar-refractivity contribution in [3.8, 4) is 0 Å². The molecule has 2 atom stereocenters. The molecule has 2 unspecified atom stereocenters. The summed E-state index contributed by atoms with van der Waals surface area (Å²) in [4.78, 5) is 46.2. The van der Waals surface area contributed by atoms with Gasteiger partial charge in [-0.3, -0.25) is 14.4 Å². The summed E-state index contributed by atoms with van der Waals surface area (Å²) in [5.41, 5.74) is 5.28. The van der Waals surface area contributed by atoms with Gasteiger partial charge < -0.3 is 10.5 Å². The van der Waals surface area contributed by atoms with Gasteiger partial charge in [-0.15, -0.1) is 0 Å². The van der Waals surface area contributed by atoms with Gasteiger partial charge in [-0.25, -0.2) is 4.39 Å². The van der Waals surface area contributed by atoms with Crippen LogP contribution in [-0.2, 0) is 9.59 Å². The first-order valence-electron chi connectivity index (χ1n) is 6.08. The van der Waals surface area contributed by atoms with Gasteiger partial charge in [0, 0.05) is 17.5 Å². The SMILES string of the molecule is NC(=O)C(CCC=O)C1C(=O)c2ccc(F)cc2C1=O. The number of hydrogen-bond acceptors (Lipinski definition) is 4. The molecule has 104 valence electrons. The molecule has 1 aromatic rings. The van der Waals surface area contributed by atoms with Crippen molar-refractivity contribution in [1.29, 1.82) is 0 Å². The van der Waals surface area contributed by atoms with Crippen LogP contribution >= 0.6 is 0 Å². The fourth-order valence-corrected chi connectivity index (χ4v) is 2.48. The van der Waals surface area contributed by atoms with E-state index in [1.165, 1.54) is 6.07 Å². The lowest BCUT2D eigenvalue weighted by Gasteiger charge is -2.16. The third kappa shape index (κ3) is 2.24. The smallest absolute Gasteiger partial charge is 0.221 e. The number of benzene rings is 1. The third-order valence-electron chi connectivity index (χ3n) is 3.44. The molecular formula is C14H12FNO4. The van der Waals surface area contributed by atoms with Crippen LogP contribution < -0.4 is 5.73 Å². The van der Waals surface area contributed by atoms with Crippen molar-refractivity contribution >= 4 is 23.8 Å². The van der Waals surface area contributed by atoms with Crippen LogP contribution in [-0.4, -0.2) is 23.8 Å². The quantitative estimate of drug-likeness (QED) is 0.639. The predicted octanol–water partition coefficient (Wildman–Crippen LogP) is 0.901. The summed E-state index contributed by atoms with van der Waals surface area (Å²) < 4.78 is 13.2. The third-order valence-corrected chi connectivity index (χ3v) is 3.44. The number of rotatable bonds is 5. The lowest BCUT2D eigenvalue weighted by Crippen LogP contribution is -2.35. The number of ketones is 2. The maximum absolute atomic E-state index is 13.2. The van der Waals surface area contributed by atoms with E-state index in [0.29, 0.717) is 6.29 Å². The molecule has 1 amide bonds. The van der Waals surface area contributed by atoms with Crippen LogP contribution in [0.15, 0.2) is 18.2 Å². The molecule has 1 aromatic carbocycles. The molecule has 2 N–H and O–H groups in total. The van der Waals surface area contributed by atoms with E-state index in [1.807, 2.05) is 0 Å². The molecule has 2 rings (SSSR count). The van der Waals surface area contributed by atoms with Crippen LogP contribution in [0.3, 0.4) is 0 Å². The average Bonchev–Trinajstić information content (AvgIpc) is 2.63. The maximum Gasteiger partial charge on any atom is 0.221 e. The Morgan fingerprint density at radius 3 is 2.55 bits per heavy atom. The zero-order chi connectivity index (χ0) is 14.9. The number of nitrogens with two attached hydrogens (primary N) is 1. The highest BCUT2D eigenvalue weighted by molar-refractivity contribution is 6.27. The highest BCUT2D eigenvalue weighted by Crippen LogP contribution is 2.33. The largest absolute Gasteiger partial charge is 0.369 e. The van der Waals surface area contributed by atoms with Crippen molar-refractivity contribution in [2.24, 2.45) is 17.6 Å². The maximum atomic E-state index is 13.2. The van der Waals surface area contributed by atoms with Crippen LogP contribution in [0, 0.1) is 17.7 Å². The topological polar surface area (TPSA) is 94.3 Å². The number of hydrogen-bond donors (Lipinski definition) is 1. The first kappa shape index (κ1) is 14.0. The number of aldehydes is 1. The van der Waals surface area contributed by atoms with Crippen molar-refractivity contribution in [2.75, 3.05) is 0 Å². The summed E-state index contributed by atoms with van der Waals surface area (Å²) in [6, 6.07) is 3.28. The standard InChI is InChI=1S/C14H12FNO4/c15-7-3-4-8-10(6-7)13(19)11(12(8)18)9(14(16)20)2-1-5-17/h3-6,9,11H,1-2H2,(H2,16,20).